The highest BCUT2D eigenvalue weighted by atomic mass is 16.2. The largest absolute Gasteiger partial charge is 0.344 e. The van der Waals surface area contributed by atoms with Crippen LogP contribution in [0.4, 0.5) is 0 Å². The summed E-state index contributed by atoms with van der Waals surface area (Å²) < 4.78 is 0. The van der Waals surface area contributed by atoms with Gasteiger partial charge in [0.25, 0.3) is 5.91 Å². The van der Waals surface area contributed by atoms with E-state index < -0.39 is 12.1 Å². The van der Waals surface area contributed by atoms with Gasteiger partial charge in [0.1, 0.15) is 6.04 Å². The van der Waals surface area contributed by atoms with Crippen LogP contribution >= 0.6 is 0 Å². The Hall–Kier alpha value is -2.17. The van der Waals surface area contributed by atoms with E-state index in [0.717, 1.165) is 5.56 Å². The fourth-order valence-corrected chi connectivity index (χ4v) is 2.92. The first-order valence-corrected chi connectivity index (χ1v) is 7.82. The number of benzene rings is 1. The number of Topliss-reactive ketones (excluding diaryl/α,β-unsaturated/α-hetero) is 1. The fraction of sp³-hybridized carbons (Fsp3) is 0.500. The second kappa shape index (κ2) is 6.14. The van der Waals surface area contributed by atoms with Gasteiger partial charge in [-0.05, 0) is 30.9 Å². The van der Waals surface area contributed by atoms with Crippen LogP contribution in [-0.2, 0) is 16.1 Å². The average molecular weight is 316 g/mol. The van der Waals surface area contributed by atoms with Crippen LogP contribution in [0.3, 0.4) is 0 Å². The van der Waals surface area contributed by atoms with Crippen LogP contribution in [0.1, 0.15) is 50.5 Å². The van der Waals surface area contributed by atoms with Crippen molar-refractivity contribution in [3.05, 3.63) is 35.4 Å². The molecule has 5 nitrogen and oxygen atoms in total. The molecule has 124 valence electrons. The number of rotatable bonds is 4. The predicted molar refractivity (Wildman–Crippen MR) is 87.8 cm³/mol. The third-order valence-corrected chi connectivity index (χ3v) is 4.26. The van der Waals surface area contributed by atoms with E-state index >= 15 is 0 Å². The first kappa shape index (κ1) is 17.2. The van der Waals surface area contributed by atoms with Crippen molar-refractivity contribution < 1.29 is 14.4 Å². The van der Waals surface area contributed by atoms with Crippen molar-refractivity contribution in [2.45, 2.75) is 53.2 Å². The van der Waals surface area contributed by atoms with E-state index in [-0.39, 0.29) is 23.0 Å². The molecule has 0 spiro atoms. The number of carbonyl (C=O) groups excluding carboxylic acids is 3. The third kappa shape index (κ3) is 3.44. The second-order valence-corrected chi connectivity index (χ2v) is 7.18. The minimum atomic E-state index is -0.626. The smallest absolute Gasteiger partial charge is 0.255 e. The molecule has 1 N–H and O–H groups in total. The molecule has 0 aliphatic carbocycles. The molecular formula is C18H24N2O3. The minimum absolute atomic E-state index is 0.0888. The summed E-state index contributed by atoms with van der Waals surface area (Å²) >= 11 is 0. The maximum Gasteiger partial charge on any atom is 0.255 e. The highest BCUT2D eigenvalue weighted by Gasteiger charge is 2.36. The van der Waals surface area contributed by atoms with Gasteiger partial charge in [-0.15, -0.1) is 0 Å². The number of hydrogen-bond donors (Lipinski definition) is 1. The molecule has 2 unspecified atom stereocenters. The van der Waals surface area contributed by atoms with Gasteiger partial charge in [-0.1, -0.05) is 39.0 Å². The molecule has 0 saturated heterocycles. The molecule has 0 aromatic heterocycles. The quantitative estimate of drug-likeness (QED) is 0.925. The molecule has 1 aliphatic rings. The van der Waals surface area contributed by atoms with Crippen LogP contribution in [0.5, 0.6) is 0 Å². The number of fused-ring (bicyclic) bond motifs is 1. The van der Waals surface area contributed by atoms with Crippen LogP contribution in [-0.4, -0.2) is 34.6 Å². The molecule has 2 rings (SSSR count). The van der Waals surface area contributed by atoms with E-state index in [0.29, 0.717) is 12.1 Å². The van der Waals surface area contributed by atoms with Crippen molar-refractivity contribution in [2.24, 2.45) is 5.41 Å². The summed E-state index contributed by atoms with van der Waals surface area (Å²) in [7, 11) is 0. The predicted octanol–water partition coefficient (Wildman–Crippen LogP) is 2.15. The Morgan fingerprint density at radius 3 is 2.35 bits per heavy atom. The van der Waals surface area contributed by atoms with Crippen molar-refractivity contribution in [3.63, 3.8) is 0 Å². The molecule has 2 amide bonds. The molecule has 0 bridgehead atoms. The van der Waals surface area contributed by atoms with Crippen LogP contribution in [0.2, 0.25) is 0 Å². The molecule has 5 heteroatoms. The van der Waals surface area contributed by atoms with E-state index in [1.165, 1.54) is 6.92 Å². The summed E-state index contributed by atoms with van der Waals surface area (Å²) in [6.07, 6.45) is 0. The van der Waals surface area contributed by atoms with Crippen LogP contribution in [0.25, 0.3) is 0 Å². The Morgan fingerprint density at radius 2 is 1.83 bits per heavy atom. The van der Waals surface area contributed by atoms with Crippen molar-refractivity contribution in [3.8, 4) is 0 Å². The van der Waals surface area contributed by atoms with Gasteiger partial charge in [-0.2, -0.15) is 0 Å². The van der Waals surface area contributed by atoms with Gasteiger partial charge in [-0.3, -0.25) is 14.4 Å². The summed E-state index contributed by atoms with van der Waals surface area (Å²) in [6, 6.07) is 6.17. The zero-order chi connectivity index (χ0) is 17.4. The van der Waals surface area contributed by atoms with Gasteiger partial charge in [-0.25, -0.2) is 0 Å². The summed E-state index contributed by atoms with van der Waals surface area (Å²) in [6.45, 7) is 9.29. The van der Waals surface area contributed by atoms with E-state index in [1.54, 1.807) is 17.9 Å². The number of ketones is 1. The molecule has 1 aliphatic heterocycles. The second-order valence-electron chi connectivity index (χ2n) is 7.18. The van der Waals surface area contributed by atoms with Gasteiger partial charge in [0.15, 0.2) is 5.78 Å². The fourth-order valence-electron chi connectivity index (χ4n) is 2.92. The molecule has 1 heterocycles. The molecule has 0 radical (unpaired) electrons. The van der Waals surface area contributed by atoms with Crippen molar-refractivity contribution >= 4 is 17.6 Å². The lowest BCUT2D eigenvalue weighted by molar-refractivity contribution is -0.131. The summed E-state index contributed by atoms with van der Waals surface area (Å²) in [4.78, 5) is 38.3. The minimum Gasteiger partial charge on any atom is -0.344 e. The van der Waals surface area contributed by atoms with E-state index in [9.17, 15) is 14.4 Å². The van der Waals surface area contributed by atoms with E-state index in [1.807, 2.05) is 39.0 Å². The summed E-state index contributed by atoms with van der Waals surface area (Å²) in [5.41, 5.74) is 1.20. The topological polar surface area (TPSA) is 66.5 Å². The number of nitrogens with one attached hydrogen (secondary N) is 1. The number of carbonyl (C=O) groups is 3. The normalized spacial score (nSPS) is 16.7. The lowest BCUT2D eigenvalue weighted by Gasteiger charge is -2.32. The number of nitrogens with zero attached hydrogens (tertiary/aromatic N) is 1. The van der Waals surface area contributed by atoms with Gasteiger partial charge in [0.05, 0.1) is 6.04 Å². The Kier molecular flexibility index (Phi) is 4.59. The lowest BCUT2D eigenvalue weighted by Crippen LogP contribution is -2.54. The highest BCUT2D eigenvalue weighted by molar-refractivity contribution is 6.01. The maximum atomic E-state index is 12.5. The Morgan fingerprint density at radius 1 is 1.22 bits per heavy atom. The zero-order valence-corrected chi connectivity index (χ0v) is 14.3. The first-order valence-electron chi connectivity index (χ1n) is 7.82. The molecule has 1 aromatic carbocycles. The van der Waals surface area contributed by atoms with Gasteiger partial charge < -0.3 is 10.2 Å². The molecular weight excluding hydrogens is 292 g/mol. The van der Waals surface area contributed by atoms with E-state index in [4.69, 9.17) is 0 Å². The molecule has 0 saturated carbocycles. The summed E-state index contributed by atoms with van der Waals surface area (Å²) in [5.74, 6) is -0.534. The Labute approximate surface area is 137 Å². The van der Waals surface area contributed by atoms with Crippen LogP contribution < -0.4 is 5.32 Å². The van der Waals surface area contributed by atoms with Crippen molar-refractivity contribution in [2.75, 3.05) is 0 Å². The standard InChI is InChI=1S/C18H24N2O3/c1-11(16(22)19-15(12(2)21)18(3,4)5)20-10-13-8-6-7-9-14(13)17(20)23/h6-9,11,15H,10H2,1-5H3,(H,19,22). The van der Waals surface area contributed by atoms with E-state index in [2.05, 4.69) is 5.32 Å². The molecule has 0 fully saturated rings. The summed E-state index contributed by atoms with van der Waals surface area (Å²) in [5, 5.41) is 2.80. The van der Waals surface area contributed by atoms with Crippen molar-refractivity contribution in [1.29, 1.82) is 0 Å². The number of amides is 2. The van der Waals surface area contributed by atoms with Gasteiger partial charge >= 0.3 is 0 Å². The van der Waals surface area contributed by atoms with Gasteiger partial charge in [0.2, 0.25) is 5.91 Å². The van der Waals surface area contributed by atoms with Crippen molar-refractivity contribution in [1.82, 2.24) is 10.2 Å². The third-order valence-electron chi connectivity index (χ3n) is 4.26. The van der Waals surface area contributed by atoms with Crippen LogP contribution in [0.15, 0.2) is 24.3 Å². The Balaban J connectivity index is 2.12. The SMILES string of the molecule is CC(=O)C(NC(=O)C(C)N1Cc2ccccc2C1=O)C(C)(C)C. The zero-order valence-electron chi connectivity index (χ0n) is 14.3. The first-order chi connectivity index (χ1) is 10.6. The molecule has 23 heavy (non-hydrogen) atoms. The monoisotopic (exact) mass is 316 g/mol. The Bertz CT molecular complexity index is 646. The van der Waals surface area contributed by atoms with Crippen LogP contribution in [0, 0.1) is 5.41 Å². The highest BCUT2D eigenvalue weighted by Crippen LogP contribution is 2.25. The maximum absolute atomic E-state index is 12.5. The average Bonchev–Trinajstić information content (AvgIpc) is 2.80. The van der Waals surface area contributed by atoms with Gasteiger partial charge in [0, 0.05) is 12.1 Å². The molecule has 2 atom stereocenters. The number of hydrogen-bond acceptors (Lipinski definition) is 3. The lowest BCUT2D eigenvalue weighted by atomic mass is 9.84. The molecule has 1 aromatic rings.